The van der Waals surface area contributed by atoms with E-state index in [1.165, 1.54) is 17.5 Å². The smallest absolute Gasteiger partial charge is 0.123 e. The number of likely N-dealkylation sites (tertiary alicyclic amines) is 1. The quantitative estimate of drug-likeness (QED) is 0.692. The SMILES string of the molecule is COc1ccc(OC)c([C@@H]2CCCN2Cn2c(C)nc3ccccc32)c1. The van der Waals surface area contributed by atoms with Crippen LogP contribution in [0.1, 0.15) is 30.3 Å². The van der Waals surface area contributed by atoms with Gasteiger partial charge in [-0.15, -0.1) is 0 Å². The molecule has 1 atom stereocenters. The Kier molecular flexibility index (Phi) is 4.55. The molecule has 5 nitrogen and oxygen atoms in total. The fraction of sp³-hybridized carbons (Fsp3) is 0.381. The number of aryl methyl sites for hydroxylation is 1. The van der Waals surface area contributed by atoms with Gasteiger partial charge in [0.1, 0.15) is 17.3 Å². The number of para-hydroxylation sites is 2. The van der Waals surface area contributed by atoms with Gasteiger partial charge in [-0.3, -0.25) is 4.90 Å². The minimum absolute atomic E-state index is 0.320. The molecule has 0 aliphatic carbocycles. The molecular weight excluding hydrogens is 326 g/mol. The Morgan fingerprint density at radius 3 is 2.77 bits per heavy atom. The van der Waals surface area contributed by atoms with Gasteiger partial charge in [-0.2, -0.15) is 0 Å². The number of benzene rings is 2. The lowest BCUT2D eigenvalue weighted by Gasteiger charge is -2.27. The highest BCUT2D eigenvalue weighted by molar-refractivity contribution is 5.75. The third-order valence-electron chi connectivity index (χ3n) is 5.33. The number of ether oxygens (including phenoxy) is 2. The average molecular weight is 351 g/mol. The monoisotopic (exact) mass is 351 g/mol. The molecule has 0 amide bonds. The molecule has 1 aliphatic heterocycles. The molecule has 2 aromatic carbocycles. The van der Waals surface area contributed by atoms with E-state index in [0.717, 1.165) is 42.5 Å². The highest BCUT2D eigenvalue weighted by Gasteiger charge is 2.29. The average Bonchev–Trinajstić information content (AvgIpc) is 3.26. The molecule has 1 saturated heterocycles. The predicted molar refractivity (Wildman–Crippen MR) is 103 cm³/mol. The third-order valence-corrected chi connectivity index (χ3v) is 5.33. The summed E-state index contributed by atoms with van der Waals surface area (Å²) in [6, 6.07) is 14.7. The summed E-state index contributed by atoms with van der Waals surface area (Å²) >= 11 is 0. The van der Waals surface area contributed by atoms with Crippen LogP contribution in [0.4, 0.5) is 0 Å². The minimum Gasteiger partial charge on any atom is -0.497 e. The summed E-state index contributed by atoms with van der Waals surface area (Å²) in [5, 5.41) is 0. The van der Waals surface area contributed by atoms with E-state index < -0.39 is 0 Å². The molecule has 136 valence electrons. The van der Waals surface area contributed by atoms with Crippen molar-refractivity contribution < 1.29 is 9.47 Å². The van der Waals surface area contributed by atoms with Gasteiger partial charge in [0.2, 0.25) is 0 Å². The highest BCUT2D eigenvalue weighted by atomic mass is 16.5. The fourth-order valence-electron chi connectivity index (χ4n) is 4.00. The maximum absolute atomic E-state index is 5.63. The summed E-state index contributed by atoms with van der Waals surface area (Å²) < 4.78 is 13.4. The summed E-state index contributed by atoms with van der Waals surface area (Å²) in [5.74, 6) is 2.85. The van der Waals surface area contributed by atoms with Crippen molar-refractivity contribution in [2.75, 3.05) is 20.8 Å². The molecule has 1 fully saturated rings. The Morgan fingerprint density at radius 1 is 1.12 bits per heavy atom. The molecule has 5 heteroatoms. The number of fused-ring (bicyclic) bond motifs is 1. The first-order valence-corrected chi connectivity index (χ1v) is 9.09. The zero-order valence-corrected chi connectivity index (χ0v) is 15.6. The first kappa shape index (κ1) is 16.9. The Morgan fingerprint density at radius 2 is 1.96 bits per heavy atom. The second-order valence-corrected chi connectivity index (χ2v) is 6.80. The summed E-state index contributed by atoms with van der Waals surface area (Å²) in [5.41, 5.74) is 3.44. The van der Waals surface area contributed by atoms with Gasteiger partial charge in [-0.25, -0.2) is 4.98 Å². The second kappa shape index (κ2) is 7.00. The van der Waals surface area contributed by atoms with E-state index >= 15 is 0 Å². The first-order chi connectivity index (χ1) is 12.7. The lowest BCUT2D eigenvalue weighted by molar-refractivity contribution is 0.199. The maximum atomic E-state index is 5.63. The molecule has 0 unspecified atom stereocenters. The van der Waals surface area contributed by atoms with E-state index in [2.05, 4.69) is 40.7 Å². The van der Waals surface area contributed by atoms with Crippen molar-refractivity contribution in [3.63, 3.8) is 0 Å². The minimum atomic E-state index is 0.320. The summed E-state index contributed by atoms with van der Waals surface area (Å²) in [4.78, 5) is 7.22. The topological polar surface area (TPSA) is 39.5 Å². The van der Waals surface area contributed by atoms with Crippen molar-refractivity contribution in [2.24, 2.45) is 0 Å². The van der Waals surface area contributed by atoms with Crippen molar-refractivity contribution in [2.45, 2.75) is 32.5 Å². The Hall–Kier alpha value is -2.53. The molecule has 0 N–H and O–H groups in total. The number of aromatic nitrogens is 2. The molecule has 0 radical (unpaired) electrons. The van der Waals surface area contributed by atoms with E-state index in [1.54, 1.807) is 14.2 Å². The van der Waals surface area contributed by atoms with Crippen LogP contribution in [0.3, 0.4) is 0 Å². The third kappa shape index (κ3) is 2.92. The van der Waals surface area contributed by atoms with Gasteiger partial charge in [0.25, 0.3) is 0 Å². The lowest BCUT2D eigenvalue weighted by atomic mass is 10.0. The summed E-state index contributed by atoms with van der Waals surface area (Å²) in [6.45, 7) is 3.98. The molecule has 1 aromatic heterocycles. The van der Waals surface area contributed by atoms with Crippen molar-refractivity contribution in [1.29, 1.82) is 0 Å². The number of hydrogen-bond acceptors (Lipinski definition) is 4. The van der Waals surface area contributed by atoms with Gasteiger partial charge in [0.15, 0.2) is 0 Å². The van der Waals surface area contributed by atoms with Gasteiger partial charge < -0.3 is 14.0 Å². The predicted octanol–water partition coefficient (Wildman–Crippen LogP) is 4.16. The normalized spacial score (nSPS) is 17.7. The van der Waals surface area contributed by atoms with Crippen molar-refractivity contribution >= 4 is 11.0 Å². The maximum Gasteiger partial charge on any atom is 0.123 e. The van der Waals surface area contributed by atoms with Crippen LogP contribution in [0.25, 0.3) is 11.0 Å². The van der Waals surface area contributed by atoms with Crippen LogP contribution in [-0.4, -0.2) is 35.2 Å². The highest BCUT2D eigenvalue weighted by Crippen LogP contribution is 2.39. The molecule has 26 heavy (non-hydrogen) atoms. The summed E-state index contributed by atoms with van der Waals surface area (Å²) in [6.07, 6.45) is 2.30. The lowest BCUT2D eigenvalue weighted by Crippen LogP contribution is -2.27. The molecule has 4 rings (SSSR count). The van der Waals surface area contributed by atoms with Crippen LogP contribution in [0.5, 0.6) is 11.5 Å². The van der Waals surface area contributed by atoms with E-state index in [1.807, 2.05) is 18.2 Å². The van der Waals surface area contributed by atoms with Gasteiger partial charge >= 0.3 is 0 Å². The zero-order chi connectivity index (χ0) is 18.1. The van der Waals surface area contributed by atoms with Crippen LogP contribution < -0.4 is 9.47 Å². The molecule has 3 aromatic rings. The number of methoxy groups -OCH3 is 2. The molecule has 0 bridgehead atoms. The molecule has 0 spiro atoms. The fourth-order valence-corrected chi connectivity index (χ4v) is 4.00. The summed E-state index contributed by atoms with van der Waals surface area (Å²) in [7, 11) is 3.44. The van der Waals surface area contributed by atoms with Crippen LogP contribution in [-0.2, 0) is 6.67 Å². The molecule has 1 aliphatic rings. The van der Waals surface area contributed by atoms with Crippen molar-refractivity contribution in [3.8, 4) is 11.5 Å². The standard InChI is InChI=1S/C21H25N3O2/c1-15-22-18-7-4-5-8-20(18)24(15)14-23-12-6-9-19(23)17-13-16(25-2)10-11-21(17)26-3/h4-5,7-8,10-11,13,19H,6,9,12,14H2,1-3H3/t19-/m0/s1. The largest absolute Gasteiger partial charge is 0.497 e. The van der Waals surface area contributed by atoms with E-state index in [4.69, 9.17) is 14.5 Å². The molecule has 0 saturated carbocycles. The molecule has 2 heterocycles. The van der Waals surface area contributed by atoms with E-state index in [-0.39, 0.29) is 0 Å². The van der Waals surface area contributed by atoms with E-state index in [0.29, 0.717) is 6.04 Å². The van der Waals surface area contributed by atoms with Crippen LogP contribution in [0.2, 0.25) is 0 Å². The van der Waals surface area contributed by atoms with Crippen LogP contribution in [0.15, 0.2) is 42.5 Å². The number of rotatable bonds is 5. The van der Waals surface area contributed by atoms with Crippen LogP contribution >= 0.6 is 0 Å². The molecular formula is C21H25N3O2. The Bertz CT molecular complexity index is 919. The van der Waals surface area contributed by atoms with Gasteiger partial charge in [0, 0.05) is 18.2 Å². The van der Waals surface area contributed by atoms with Crippen molar-refractivity contribution in [3.05, 3.63) is 53.9 Å². The van der Waals surface area contributed by atoms with Crippen molar-refractivity contribution in [1.82, 2.24) is 14.5 Å². The Balaban J connectivity index is 1.68. The number of hydrogen-bond donors (Lipinski definition) is 0. The number of nitrogens with zero attached hydrogens (tertiary/aromatic N) is 3. The van der Waals surface area contributed by atoms with Gasteiger partial charge in [0.05, 0.1) is 31.9 Å². The number of imidazole rings is 1. The Labute approximate surface area is 154 Å². The van der Waals surface area contributed by atoms with Gasteiger partial charge in [-0.05, 0) is 50.1 Å². The van der Waals surface area contributed by atoms with E-state index in [9.17, 15) is 0 Å². The second-order valence-electron chi connectivity index (χ2n) is 6.80. The van der Waals surface area contributed by atoms with Crippen LogP contribution in [0, 0.1) is 6.92 Å². The zero-order valence-electron chi connectivity index (χ0n) is 15.6. The van der Waals surface area contributed by atoms with Gasteiger partial charge in [-0.1, -0.05) is 12.1 Å². The first-order valence-electron chi connectivity index (χ1n) is 9.09.